The van der Waals surface area contributed by atoms with E-state index in [0.717, 1.165) is 10.5 Å². The Balaban J connectivity index is 1.74. The number of nitrogens with one attached hydrogen (secondary N) is 2. The van der Waals surface area contributed by atoms with Crippen molar-refractivity contribution in [1.29, 1.82) is 0 Å². The van der Waals surface area contributed by atoms with Crippen molar-refractivity contribution in [2.45, 2.75) is 39.2 Å². The van der Waals surface area contributed by atoms with Crippen LogP contribution in [0.2, 0.25) is 0 Å². The molecule has 1 heterocycles. The highest BCUT2D eigenvalue weighted by Crippen LogP contribution is 2.30. The van der Waals surface area contributed by atoms with E-state index in [1.165, 1.54) is 0 Å². The lowest BCUT2D eigenvalue weighted by atomic mass is 9.90. The number of nitrogens with zero attached hydrogens (tertiary/aromatic N) is 1. The Labute approximate surface area is 176 Å². The van der Waals surface area contributed by atoms with E-state index in [1.807, 2.05) is 31.2 Å². The van der Waals surface area contributed by atoms with E-state index < -0.39 is 23.4 Å². The number of urea groups is 1. The fraction of sp³-hybridized carbons (Fsp3) is 0.348. The van der Waals surface area contributed by atoms with Gasteiger partial charge in [0.2, 0.25) is 5.91 Å². The standard InChI is InChI=1S/C23H27N3O4/c1-5-30-19-9-7-6-8-18(19)24-20(27)14-26-21(28)23(4,25-22(26)29)17-12-10-16(11-13-17)15(2)3/h6-13,15H,5,14H2,1-4H3,(H,24,27)(H,25,29)/t23-/m0/s1. The first-order valence-electron chi connectivity index (χ1n) is 10.0. The number of para-hydroxylation sites is 2. The molecule has 3 rings (SSSR count). The van der Waals surface area contributed by atoms with Gasteiger partial charge in [0.1, 0.15) is 17.8 Å². The minimum absolute atomic E-state index is 0.362. The fourth-order valence-electron chi connectivity index (χ4n) is 3.42. The number of benzene rings is 2. The molecule has 7 nitrogen and oxygen atoms in total. The van der Waals surface area contributed by atoms with Crippen molar-refractivity contribution in [1.82, 2.24) is 10.2 Å². The maximum absolute atomic E-state index is 13.1. The molecule has 4 amide bonds. The van der Waals surface area contributed by atoms with Crippen molar-refractivity contribution in [2.24, 2.45) is 0 Å². The van der Waals surface area contributed by atoms with Crippen LogP contribution in [-0.4, -0.2) is 35.9 Å². The van der Waals surface area contributed by atoms with E-state index in [4.69, 9.17) is 4.74 Å². The van der Waals surface area contributed by atoms with Crippen LogP contribution in [0.4, 0.5) is 10.5 Å². The van der Waals surface area contributed by atoms with Gasteiger partial charge in [0.25, 0.3) is 5.91 Å². The third-order valence-corrected chi connectivity index (χ3v) is 5.19. The minimum atomic E-state index is -1.21. The van der Waals surface area contributed by atoms with Crippen molar-refractivity contribution >= 4 is 23.5 Å². The Hall–Kier alpha value is -3.35. The molecule has 1 aliphatic rings. The molecule has 1 aliphatic heterocycles. The molecule has 0 radical (unpaired) electrons. The van der Waals surface area contributed by atoms with E-state index in [9.17, 15) is 14.4 Å². The van der Waals surface area contributed by atoms with Gasteiger partial charge in [0.15, 0.2) is 0 Å². The molecule has 0 spiro atoms. The molecule has 1 saturated heterocycles. The first-order valence-corrected chi connectivity index (χ1v) is 10.0. The van der Waals surface area contributed by atoms with Gasteiger partial charge in [0, 0.05) is 0 Å². The van der Waals surface area contributed by atoms with E-state index in [1.54, 1.807) is 31.2 Å². The fourth-order valence-corrected chi connectivity index (χ4v) is 3.42. The lowest BCUT2D eigenvalue weighted by Crippen LogP contribution is -2.42. The van der Waals surface area contributed by atoms with E-state index in [-0.39, 0.29) is 6.54 Å². The van der Waals surface area contributed by atoms with Crippen LogP contribution >= 0.6 is 0 Å². The second kappa shape index (κ2) is 8.57. The number of imide groups is 1. The van der Waals surface area contributed by atoms with Gasteiger partial charge in [0.05, 0.1) is 12.3 Å². The van der Waals surface area contributed by atoms with Crippen molar-refractivity contribution in [3.8, 4) is 5.75 Å². The summed E-state index contributed by atoms with van der Waals surface area (Å²) in [5.41, 5.74) is 1.09. The van der Waals surface area contributed by atoms with E-state index >= 15 is 0 Å². The first-order chi connectivity index (χ1) is 14.3. The highest BCUT2D eigenvalue weighted by Gasteiger charge is 2.49. The summed E-state index contributed by atoms with van der Waals surface area (Å²) in [5.74, 6) is -0.0517. The number of anilines is 1. The predicted octanol–water partition coefficient (Wildman–Crippen LogP) is 3.61. The molecule has 2 aromatic rings. The minimum Gasteiger partial charge on any atom is -0.492 e. The van der Waals surface area contributed by atoms with Crippen LogP contribution in [0.1, 0.15) is 44.7 Å². The molecule has 0 unspecified atom stereocenters. The highest BCUT2D eigenvalue weighted by molar-refractivity contribution is 6.10. The maximum atomic E-state index is 13.1. The van der Waals surface area contributed by atoms with Crippen molar-refractivity contribution in [3.63, 3.8) is 0 Å². The van der Waals surface area contributed by atoms with Gasteiger partial charge in [-0.15, -0.1) is 0 Å². The van der Waals surface area contributed by atoms with Crippen LogP contribution in [-0.2, 0) is 15.1 Å². The zero-order chi connectivity index (χ0) is 21.9. The summed E-state index contributed by atoms with van der Waals surface area (Å²) < 4.78 is 5.49. The Morgan fingerprint density at radius 3 is 2.43 bits per heavy atom. The molecule has 1 fully saturated rings. The topological polar surface area (TPSA) is 87.7 Å². The van der Waals surface area contributed by atoms with Gasteiger partial charge in [-0.1, -0.05) is 50.2 Å². The molecule has 0 bridgehead atoms. The van der Waals surface area contributed by atoms with Crippen LogP contribution < -0.4 is 15.4 Å². The third-order valence-electron chi connectivity index (χ3n) is 5.19. The van der Waals surface area contributed by atoms with Crippen molar-refractivity contribution in [3.05, 3.63) is 59.7 Å². The molecular formula is C23H27N3O4. The zero-order valence-corrected chi connectivity index (χ0v) is 17.7. The number of carbonyl (C=O) groups excluding carboxylic acids is 3. The van der Waals surface area contributed by atoms with Gasteiger partial charge in [-0.05, 0) is 43.0 Å². The number of amides is 4. The van der Waals surface area contributed by atoms with Crippen LogP contribution in [0, 0.1) is 0 Å². The van der Waals surface area contributed by atoms with Gasteiger partial charge in [-0.25, -0.2) is 4.79 Å². The molecule has 0 saturated carbocycles. The second-order valence-corrected chi connectivity index (χ2v) is 7.70. The molecule has 2 N–H and O–H groups in total. The van der Waals surface area contributed by atoms with Crippen LogP contribution in [0.3, 0.4) is 0 Å². The Morgan fingerprint density at radius 2 is 1.80 bits per heavy atom. The largest absolute Gasteiger partial charge is 0.492 e. The quantitative estimate of drug-likeness (QED) is 0.684. The molecule has 2 aromatic carbocycles. The molecular weight excluding hydrogens is 382 g/mol. The molecule has 0 aliphatic carbocycles. The smallest absolute Gasteiger partial charge is 0.325 e. The maximum Gasteiger partial charge on any atom is 0.325 e. The number of hydrogen-bond acceptors (Lipinski definition) is 4. The summed E-state index contributed by atoms with van der Waals surface area (Å²) >= 11 is 0. The summed E-state index contributed by atoms with van der Waals surface area (Å²) in [5, 5.41) is 5.44. The second-order valence-electron chi connectivity index (χ2n) is 7.70. The van der Waals surface area contributed by atoms with E-state index in [2.05, 4.69) is 24.5 Å². The third kappa shape index (κ3) is 4.15. The Kier molecular flexibility index (Phi) is 6.10. The van der Waals surface area contributed by atoms with Gasteiger partial charge in [-0.2, -0.15) is 0 Å². The van der Waals surface area contributed by atoms with Crippen LogP contribution in [0.25, 0.3) is 0 Å². The number of carbonyl (C=O) groups is 3. The zero-order valence-electron chi connectivity index (χ0n) is 17.7. The SMILES string of the molecule is CCOc1ccccc1NC(=O)CN1C(=O)N[C@@](C)(c2ccc(C(C)C)cc2)C1=O. The number of rotatable bonds is 7. The predicted molar refractivity (Wildman–Crippen MR) is 114 cm³/mol. The Bertz CT molecular complexity index is 955. The molecule has 1 atom stereocenters. The normalized spacial score (nSPS) is 18.5. The van der Waals surface area contributed by atoms with Crippen molar-refractivity contribution in [2.75, 3.05) is 18.5 Å². The average molecular weight is 409 g/mol. The lowest BCUT2D eigenvalue weighted by Gasteiger charge is -2.23. The number of ether oxygens (including phenoxy) is 1. The van der Waals surface area contributed by atoms with Gasteiger partial charge in [-0.3, -0.25) is 14.5 Å². The summed E-state index contributed by atoms with van der Waals surface area (Å²) in [7, 11) is 0. The summed E-state index contributed by atoms with van der Waals surface area (Å²) in [6.07, 6.45) is 0. The van der Waals surface area contributed by atoms with Gasteiger partial charge >= 0.3 is 6.03 Å². The van der Waals surface area contributed by atoms with Crippen LogP contribution in [0.15, 0.2) is 48.5 Å². The summed E-state index contributed by atoms with van der Waals surface area (Å²) in [6.45, 7) is 7.74. The molecule has 0 aromatic heterocycles. The highest BCUT2D eigenvalue weighted by atomic mass is 16.5. The number of hydrogen-bond donors (Lipinski definition) is 2. The lowest BCUT2D eigenvalue weighted by molar-refractivity contribution is -0.133. The monoisotopic (exact) mass is 409 g/mol. The first kappa shape index (κ1) is 21.4. The van der Waals surface area contributed by atoms with E-state index in [0.29, 0.717) is 29.5 Å². The molecule has 30 heavy (non-hydrogen) atoms. The molecule has 7 heteroatoms. The average Bonchev–Trinajstić information content (AvgIpc) is 2.93. The summed E-state index contributed by atoms with van der Waals surface area (Å²) in [6, 6.07) is 14.0. The Morgan fingerprint density at radius 1 is 1.13 bits per heavy atom. The summed E-state index contributed by atoms with van der Waals surface area (Å²) in [4.78, 5) is 39.0. The molecule has 158 valence electrons. The van der Waals surface area contributed by atoms with Gasteiger partial charge < -0.3 is 15.4 Å². The van der Waals surface area contributed by atoms with Crippen molar-refractivity contribution < 1.29 is 19.1 Å². The van der Waals surface area contributed by atoms with Crippen LogP contribution in [0.5, 0.6) is 5.75 Å².